The number of benzene rings is 1. The molecule has 1 amide bonds. The SMILES string of the molecule is Cc1cc(C(=O)NN=CN(C)C)nn1-c1c(Cl)cc(Cl)cc1Cl. The van der Waals surface area contributed by atoms with E-state index in [-0.39, 0.29) is 5.69 Å². The molecular weight excluding hydrogens is 361 g/mol. The number of amides is 1. The molecule has 0 fully saturated rings. The number of rotatable bonds is 4. The monoisotopic (exact) mass is 373 g/mol. The lowest BCUT2D eigenvalue weighted by atomic mass is 10.3. The van der Waals surface area contributed by atoms with Crippen LogP contribution in [0, 0.1) is 6.92 Å². The Bertz CT molecular complexity index is 747. The standard InChI is InChI=1S/C14H14Cl3N5O/c1-8-4-12(14(23)19-18-7-21(2)3)20-22(8)13-10(16)5-9(15)6-11(13)17/h4-7H,1-3H3,(H,19,23). The number of hydrazone groups is 1. The molecule has 0 aliphatic carbocycles. The molecule has 122 valence electrons. The lowest BCUT2D eigenvalue weighted by Gasteiger charge is -2.09. The molecule has 0 aliphatic rings. The van der Waals surface area contributed by atoms with Crippen LogP contribution in [0.15, 0.2) is 23.3 Å². The van der Waals surface area contributed by atoms with Crippen LogP contribution in [0.5, 0.6) is 0 Å². The Labute approximate surface area is 148 Å². The number of halogens is 3. The summed E-state index contributed by atoms with van der Waals surface area (Å²) in [6.07, 6.45) is 1.47. The topological polar surface area (TPSA) is 62.5 Å². The molecule has 0 atom stereocenters. The van der Waals surface area contributed by atoms with Gasteiger partial charge in [0.25, 0.3) is 5.91 Å². The molecule has 6 nitrogen and oxygen atoms in total. The fourth-order valence-electron chi connectivity index (χ4n) is 1.81. The molecule has 0 unspecified atom stereocenters. The van der Waals surface area contributed by atoms with Gasteiger partial charge in [0.05, 0.1) is 10.0 Å². The third-order valence-electron chi connectivity index (χ3n) is 2.77. The van der Waals surface area contributed by atoms with Gasteiger partial charge in [0.2, 0.25) is 0 Å². The number of aromatic nitrogens is 2. The molecule has 0 saturated heterocycles. The molecule has 2 rings (SSSR count). The highest BCUT2D eigenvalue weighted by molar-refractivity contribution is 6.40. The van der Waals surface area contributed by atoms with Crippen molar-refractivity contribution < 1.29 is 4.79 Å². The van der Waals surface area contributed by atoms with Crippen LogP contribution in [0.4, 0.5) is 0 Å². The molecule has 1 heterocycles. The van der Waals surface area contributed by atoms with Crippen LogP contribution < -0.4 is 5.43 Å². The van der Waals surface area contributed by atoms with E-state index in [1.807, 2.05) is 0 Å². The van der Waals surface area contributed by atoms with E-state index in [4.69, 9.17) is 34.8 Å². The van der Waals surface area contributed by atoms with Gasteiger partial charge in [-0.25, -0.2) is 10.1 Å². The number of hydrogen-bond donors (Lipinski definition) is 1. The van der Waals surface area contributed by atoms with Crippen molar-refractivity contribution in [3.05, 3.63) is 44.7 Å². The maximum Gasteiger partial charge on any atom is 0.291 e. The first-order chi connectivity index (χ1) is 10.8. The highest BCUT2D eigenvalue weighted by Crippen LogP contribution is 2.32. The van der Waals surface area contributed by atoms with E-state index in [0.29, 0.717) is 26.4 Å². The van der Waals surface area contributed by atoms with E-state index in [1.165, 1.54) is 11.0 Å². The van der Waals surface area contributed by atoms with Gasteiger partial charge >= 0.3 is 0 Å². The summed E-state index contributed by atoms with van der Waals surface area (Å²) in [5.41, 5.74) is 3.74. The number of nitrogens with zero attached hydrogens (tertiary/aromatic N) is 4. The Kier molecular flexibility index (Phi) is 5.51. The van der Waals surface area contributed by atoms with Crippen LogP contribution >= 0.6 is 34.8 Å². The predicted octanol–water partition coefficient (Wildman–Crippen LogP) is 3.38. The van der Waals surface area contributed by atoms with Crippen molar-refractivity contribution in [3.8, 4) is 5.69 Å². The third kappa shape index (κ3) is 4.16. The van der Waals surface area contributed by atoms with E-state index in [9.17, 15) is 4.79 Å². The number of hydrogen-bond acceptors (Lipinski definition) is 3. The molecule has 1 aromatic heterocycles. The fraction of sp³-hybridized carbons (Fsp3) is 0.214. The van der Waals surface area contributed by atoms with Gasteiger partial charge in [0.15, 0.2) is 5.69 Å². The zero-order valence-corrected chi connectivity index (χ0v) is 14.9. The fourth-order valence-corrected chi connectivity index (χ4v) is 2.79. The molecule has 2 aromatic rings. The summed E-state index contributed by atoms with van der Waals surface area (Å²) in [6.45, 7) is 1.79. The largest absolute Gasteiger partial charge is 0.367 e. The second-order valence-electron chi connectivity index (χ2n) is 4.95. The smallest absolute Gasteiger partial charge is 0.291 e. The van der Waals surface area contributed by atoms with Crippen LogP contribution in [0.3, 0.4) is 0 Å². The van der Waals surface area contributed by atoms with Gasteiger partial charge in [-0.1, -0.05) is 34.8 Å². The highest BCUT2D eigenvalue weighted by atomic mass is 35.5. The molecule has 9 heteroatoms. The van der Waals surface area contributed by atoms with Crippen LogP contribution in [-0.4, -0.2) is 41.0 Å². The van der Waals surface area contributed by atoms with Crippen molar-refractivity contribution in [2.45, 2.75) is 6.92 Å². The lowest BCUT2D eigenvalue weighted by Crippen LogP contribution is -2.20. The van der Waals surface area contributed by atoms with E-state index < -0.39 is 5.91 Å². The average Bonchev–Trinajstić information content (AvgIpc) is 2.79. The van der Waals surface area contributed by atoms with E-state index >= 15 is 0 Å². The van der Waals surface area contributed by atoms with Crippen molar-refractivity contribution in [3.63, 3.8) is 0 Å². The Morgan fingerprint density at radius 2 is 1.87 bits per heavy atom. The van der Waals surface area contributed by atoms with Crippen molar-refractivity contribution in [1.29, 1.82) is 0 Å². The van der Waals surface area contributed by atoms with E-state index in [2.05, 4.69) is 15.6 Å². The zero-order valence-electron chi connectivity index (χ0n) is 12.6. The van der Waals surface area contributed by atoms with E-state index in [1.54, 1.807) is 44.1 Å². The Balaban J connectivity index is 2.34. The summed E-state index contributed by atoms with van der Waals surface area (Å²) in [5, 5.41) is 9.12. The summed E-state index contributed by atoms with van der Waals surface area (Å²) < 4.78 is 1.49. The molecule has 1 aromatic carbocycles. The van der Waals surface area contributed by atoms with Crippen molar-refractivity contribution in [2.75, 3.05) is 14.1 Å². The first-order valence-electron chi connectivity index (χ1n) is 6.51. The van der Waals surface area contributed by atoms with Crippen LogP contribution in [0.25, 0.3) is 5.69 Å². The van der Waals surface area contributed by atoms with Crippen LogP contribution in [0.1, 0.15) is 16.2 Å². The maximum absolute atomic E-state index is 12.0. The normalized spacial score (nSPS) is 11.0. The molecule has 23 heavy (non-hydrogen) atoms. The number of aryl methyl sites for hydroxylation is 1. The minimum Gasteiger partial charge on any atom is -0.367 e. The second-order valence-corrected chi connectivity index (χ2v) is 6.20. The molecular formula is C14H14Cl3N5O. The van der Waals surface area contributed by atoms with Gasteiger partial charge in [-0.3, -0.25) is 4.79 Å². The quantitative estimate of drug-likeness (QED) is 0.507. The maximum atomic E-state index is 12.0. The summed E-state index contributed by atoms with van der Waals surface area (Å²) in [4.78, 5) is 13.7. The van der Waals surface area contributed by atoms with Crippen LogP contribution in [0.2, 0.25) is 15.1 Å². The average molecular weight is 375 g/mol. The van der Waals surface area contributed by atoms with Gasteiger partial charge in [0, 0.05) is 24.8 Å². The van der Waals surface area contributed by atoms with Crippen LogP contribution in [-0.2, 0) is 0 Å². The molecule has 0 bridgehead atoms. The summed E-state index contributed by atoms with van der Waals surface area (Å²) in [6, 6.07) is 4.74. The van der Waals surface area contributed by atoms with Gasteiger partial charge in [0.1, 0.15) is 12.0 Å². The van der Waals surface area contributed by atoms with Gasteiger partial charge in [-0.05, 0) is 25.1 Å². The third-order valence-corrected chi connectivity index (χ3v) is 3.56. The minimum atomic E-state index is -0.439. The number of carbonyl (C=O) groups is 1. The van der Waals surface area contributed by atoms with Gasteiger partial charge < -0.3 is 4.90 Å². The van der Waals surface area contributed by atoms with Crippen molar-refractivity contribution in [1.82, 2.24) is 20.1 Å². The Hall–Kier alpha value is -1.76. The summed E-state index contributed by atoms with van der Waals surface area (Å²) in [5.74, 6) is -0.439. The number of nitrogens with one attached hydrogen (secondary N) is 1. The molecule has 0 aliphatic heterocycles. The van der Waals surface area contributed by atoms with Gasteiger partial charge in [-0.15, -0.1) is 0 Å². The predicted molar refractivity (Wildman–Crippen MR) is 93.0 cm³/mol. The molecule has 0 spiro atoms. The Morgan fingerprint density at radius 1 is 1.26 bits per heavy atom. The van der Waals surface area contributed by atoms with E-state index in [0.717, 1.165) is 0 Å². The Morgan fingerprint density at radius 3 is 2.43 bits per heavy atom. The summed E-state index contributed by atoms with van der Waals surface area (Å²) >= 11 is 18.3. The lowest BCUT2D eigenvalue weighted by molar-refractivity contribution is 0.0949. The van der Waals surface area contributed by atoms with Gasteiger partial charge in [-0.2, -0.15) is 10.2 Å². The number of carbonyl (C=O) groups excluding carboxylic acids is 1. The molecule has 0 radical (unpaired) electrons. The molecule has 0 saturated carbocycles. The minimum absolute atomic E-state index is 0.195. The summed E-state index contributed by atoms with van der Waals surface area (Å²) in [7, 11) is 3.58. The second kappa shape index (κ2) is 7.21. The highest BCUT2D eigenvalue weighted by Gasteiger charge is 2.17. The zero-order chi connectivity index (χ0) is 17.1. The molecule has 1 N–H and O–H groups in total. The first-order valence-corrected chi connectivity index (χ1v) is 7.64. The first kappa shape index (κ1) is 17.6. The van der Waals surface area contributed by atoms with Crippen molar-refractivity contribution in [2.24, 2.45) is 5.10 Å². The van der Waals surface area contributed by atoms with Crippen molar-refractivity contribution >= 4 is 47.0 Å².